The molecule has 2 aromatic rings. The maximum Gasteiger partial charge on any atom is 0.269 e. The number of nitro benzene ring substituents is 1. The molecule has 0 saturated carbocycles. The second kappa shape index (κ2) is 5.58. The Balaban J connectivity index is 1.82. The average molecular weight is 293 g/mol. The van der Waals surface area contributed by atoms with Crippen LogP contribution in [-0.4, -0.2) is 10.0 Å². The highest BCUT2D eigenvalue weighted by atomic mass is 16.6. The highest BCUT2D eigenvalue weighted by Gasteiger charge is 2.27. The summed E-state index contributed by atoms with van der Waals surface area (Å²) in [6, 6.07) is 15.9. The molecule has 0 saturated heterocycles. The van der Waals surface area contributed by atoms with Crippen LogP contribution in [0.25, 0.3) is 5.57 Å². The summed E-state index contributed by atoms with van der Waals surface area (Å²) >= 11 is 0. The molecule has 0 radical (unpaired) electrons. The lowest BCUT2D eigenvalue weighted by molar-refractivity contribution is -0.384. The van der Waals surface area contributed by atoms with E-state index in [0.29, 0.717) is 6.42 Å². The normalized spacial score (nSPS) is 20.5. The summed E-state index contributed by atoms with van der Waals surface area (Å²) in [6.07, 6.45) is 6.06. The van der Waals surface area contributed by atoms with Gasteiger partial charge in [-0.25, -0.2) is 0 Å². The monoisotopic (exact) mass is 293 g/mol. The van der Waals surface area contributed by atoms with Crippen molar-refractivity contribution in [2.45, 2.75) is 12.0 Å². The summed E-state index contributed by atoms with van der Waals surface area (Å²) in [7, 11) is 0. The molecule has 4 heteroatoms. The number of nitro groups is 1. The third-order valence-electron chi connectivity index (χ3n) is 3.86. The van der Waals surface area contributed by atoms with E-state index < -0.39 is 10.5 Å². The van der Waals surface area contributed by atoms with Crippen LogP contribution in [0.4, 0.5) is 5.69 Å². The van der Waals surface area contributed by atoms with Gasteiger partial charge in [0.05, 0.1) is 4.92 Å². The Kier molecular flexibility index (Phi) is 3.61. The van der Waals surface area contributed by atoms with Crippen LogP contribution in [0.1, 0.15) is 17.5 Å². The summed E-state index contributed by atoms with van der Waals surface area (Å²) in [6.45, 7) is 0. The zero-order chi connectivity index (χ0) is 15.6. The molecule has 2 aromatic carbocycles. The Labute approximate surface area is 128 Å². The van der Waals surface area contributed by atoms with Crippen molar-refractivity contribution in [3.8, 4) is 0 Å². The standard InChI is InChI=1S/C18H15NO3/c20-18(16-4-2-1-3-5-16)12-10-15(11-13-18)14-6-8-17(9-7-14)19(21)22/h1-12,20H,13H2. The lowest BCUT2D eigenvalue weighted by Crippen LogP contribution is -2.23. The van der Waals surface area contributed by atoms with E-state index in [-0.39, 0.29) is 5.69 Å². The van der Waals surface area contributed by atoms with Gasteiger partial charge in [-0.05, 0) is 34.9 Å². The number of allylic oxidation sites excluding steroid dienone is 2. The third kappa shape index (κ3) is 2.69. The largest absolute Gasteiger partial charge is 0.381 e. The second-order valence-corrected chi connectivity index (χ2v) is 5.29. The molecule has 0 bridgehead atoms. The van der Waals surface area contributed by atoms with Crippen molar-refractivity contribution in [1.29, 1.82) is 0 Å². The fraction of sp³-hybridized carbons (Fsp3) is 0.111. The molecule has 0 fully saturated rings. The molecule has 1 aliphatic carbocycles. The molecule has 1 unspecified atom stereocenters. The van der Waals surface area contributed by atoms with Crippen LogP contribution in [0.3, 0.4) is 0 Å². The molecule has 3 rings (SSSR count). The Morgan fingerprint density at radius 1 is 1.05 bits per heavy atom. The zero-order valence-electron chi connectivity index (χ0n) is 11.8. The van der Waals surface area contributed by atoms with Gasteiger partial charge in [0, 0.05) is 18.6 Å². The number of hydrogen-bond acceptors (Lipinski definition) is 3. The molecule has 0 spiro atoms. The average Bonchev–Trinajstić information content (AvgIpc) is 2.56. The molecule has 1 aliphatic rings. The van der Waals surface area contributed by atoms with Gasteiger partial charge in [-0.15, -0.1) is 0 Å². The number of hydrogen-bond donors (Lipinski definition) is 1. The number of nitrogens with zero attached hydrogens (tertiary/aromatic N) is 1. The van der Waals surface area contributed by atoms with Gasteiger partial charge in [0.1, 0.15) is 5.60 Å². The predicted molar refractivity (Wildman–Crippen MR) is 85.2 cm³/mol. The number of rotatable bonds is 3. The highest BCUT2D eigenvalue weighted by molar-refractivity contribution is 5.76. The van der Waals surface area contributed by atoms with Crippen LogP contribution in [0.15, 0.2) is 72.8 Å². The molecule has 0 aliphatic heterocycles. The second-order valence-electron chi connectivity index (χ2n) is 5.29. The SMILES string of the molecule is O=[N+]([O-])c1ccc(C2=CCC(O)(c3ccccc3)C=C2)cc1. The summed E-state index contributed by atoms with van der Waals surface area (Å²) in [5.74, 6) is 0. The van der Waals surface area contributed by atoms with Crippen LogP contribution >= 0.6 is 0 Å². The molecule has 1 atom stereocenters. The van der Waals surface area contributed by atoms with Crippen molar-refractivity contribution in [2.75, 3.05) is 0 Å². The Bertz CT molecular complexity index is 748. The smallest absolute Gasteiger partial charge is 0.269 e. The van der Waals surface area contributed by atoms with Gasteiger partial charge >= 0.3 is 0 Å². The van der Waals surface area contributed by atoms with Gasteiger partial charge in [0.15, 0.2) is 0 Å². The van der Waals surface area contributed by atoms with Gasteiger partial charge in [-0.1, -0.05) is 42.5 Å². The third-order valence-corrected chi connectivity index (χ3v) is 3.86. The van der Waals surface area contributed by atoms with E-state index in [4.69, 9.17) is 0 Å². The summed E-state index contributed by atoms with van der Waals surface area (Å²) < 4.78 is 0. The fourth-order valence-electron chi connectivity index (χ4n) is 2.56. The fourth-order valence-corrected chi connectivity index (χ4v) is 2.56. The van der Waals surface area contributed by atoms with Crippen LogP contribution in [-0.2, 0) is 5.60 Å². The van der Waals surface area contributed by atoms with Crippen LogP contribution in [0.5, 0.6) is 0 Å². The first-order chi connectivity index (χ1) is 10.6. The molecule has 4 nitrogen and oxygen atoms in total. The lowest BCUT2D eigenvalue weighted by atomic mass is 9.84. The van der Waals surface area contributed by atoms with E-state index in [9.17, 15) is 15.2 Å². The Morgan fingerprint density at radius 2 is 1.73 bits per heavy atom. The van der Waals surface area contributed by atoms with Crippen molar-refractivity contribution < 1.29 is 10.0 Å². The topological polar surface area (TPSA) is 63.4 Å². The van der Waals surface area contributed by atoms with E-state index in [1.165, 1.54) is 12.1 Å². The first-order valence-electron chi connectivity index (χ1n) is 7.01. The Hall–Kier alpha value is -2.72. The lowest BCUT2D eigenvalue weighted by Gasteiger charge is -2.27. The highest BCUT2D eigenvalue weighted by Crippen LogP contribution is 2.34. The van der Waals surface area contributed by atoms with E-state index in [1.807, 2.05) is 42.5 Å². The predicted octanol–water partition coefficient (Wildman–Crippen LogP) is 3.83. The Morgan fingerprint density at radius 3 is 2.27 bits per heavy atom. The van der Waals surface area contributed by atoms with Gasteiger partial charge in [0.25, 0.3) is 5.69 Å². The first kappa shape index (κ1) is 14.2. The first-order valence-corrected chi connectivity index (χ1v) is 7.01. The number of aliphatic hydroxyl groups is 1. The van der Waals surface area contributed by atoms with Gasteiger partial charge < -0.3 is 5.11 Å². The van der Waals surface area contributed by atoms with Crippen LogP contribution in [0.2, 0.25) is 0 Å². The zero-order valence-corrected chi connectivity index (χ0v) is 11.8. The molecule has 1 N–H and O–H groups in total. The number of benzene rings is 2. The summed E-state index contributed by atoms with van der Waals surface area (Å²) in [5.41, 5.74) is 1.79. The maximum absolute atomic E-state index is 10.7. The van der Waals surface area contributed by atoms with Crippen molar-refractivity contribution in [2.24, 2.45) is 0 Å². The van der Waals surface area contributed by atoms with Crippen LogP contribution < -0.4 is 0 Å². The van der Waals surface area contributed by atoms with Crippen molar-refractivity contribution in [3.05, 3.63) is 94.1 Å². The number of non-ortho nitro benzene ring substituents is 1. The molecule has 22 heavy (non-hydrogen) atoms. The van der Waals surface area contributed by atoms with Gasteiger partial charge in [-0.3, -0.25) is 10.1 Å². The van der Waals surface area contributed by atoms with Gasteiger partial charge in [-0.2, -0.15) is 0 Å². The molecule has 110 valence electrons. The molecule has 0 heterocycles. The minimum Gasteiger partial charge on any atom is -0.381 e. The molecular formula is C18H15NO3. The van der Waals surface area contributed by atoms with E-state index in [0.717, 1.165) is 16.7 Å². The maximum atomic E-state index is 10.7. The van der Waals surface area contributed by atoms with E-state index in [2.05, 4.69) is 0 Å². The molecule has 0 aromatic heterocycles. The quantitative estimate of drug-likeness (QED) is 0.691. The molecular weight excluding hydrogens is 278 g/mol. The minimum atomic E-state index is -0.995. The summed E-state index contributed by atoms with van der Waals surface area (Å²) in [4.78, 5) is 10.3. The van der Waals surface area contributed by atoms with E-state index >= 15 is 0 Å². The molecule has 0 amide bonds. The van der Waals surface area contributed by atoms with E-state index in [1.54, 1.807) is 18.2 Å². The van der Waals surface area contributed by atoms with Crippen molar-refractivity contribution >= 4 is 11.3 Å². The van der Waals surface area contributed by atoms with Crippen LogP contribution in [0, 0.1) is 10.1 Å². The summed E-state index contributed by atoms with van der Waals surface area (Å²) in [5, 5.41) is 21.4. The van der Waals surface area contributed by atoms with Gasteiger partial charge in [0.2, 0.25) is 0 Å². The minimum absolute atomic E-state index is 0.0740. The van der Waals surface area contributed by atoms with Crippen molar-refractivity contribution in [1.82, 2.24) is 0 Å². The van der Waals surface area contributed by atoms with Crippen molar-refractivity contribution in [3.63, 3.8) is 0 Å².